The molecule has 0 radical (unpaired) electrons. The largest absolute Gasteiger partial charge is 0.387 e. The van der Waals surface area contributed by atoms with Gasteiger partial charge >= 0.3 is 0 Å². The Morgan fingerprint density at radius 2 is 2.00 bits per heavy atom. The van der Waals surface area contributed by atoms with E-state index in [4.69, 9.17) is 11.6 Å². The smallest absolute Gasteiger partial charge is 0.261 e. The number of hydrogen-bond acceptors (Lipinski definition) is 3. The number of H-pyrrole nitrogens is 1. The highest BCUT2D eigenvalue weighted by Crippen LogP contribution is 2.15. The van der Waals surface area contributed by atoms with E-state index in [0.29, 0.717) is 16.1 Å². The second kappa shape index (κ2) is 6.56. The molecular formula is C15H15ClN2O3. The summed E-state index contributed by atoms with van der Waals surface area (Å²) in [5.41, 5.74) is 0.824. The van der Waals surface area contributed by atoms with Crippen LogP contribution in [0, 0.1) is 6.92 Å². The van der Waals surface area contributed by atoms with Gasteiger partial charge in [0.2, 0.25) is 0 Å². The minimum atomic E-state index is -0.866. The molecule has 2 aromatic rings. The molecule has 0 aliphatic carbocycles. The second-order valence-corrected chi connectivity index (χ2v) is 5.08. The lowest BCUT2D eigenvalue weighted by molar-refractivity contribution is 0.0914. The van der Waals surface area contributed by atoms with Crippen LogP contribution < -0.4 is 10.9 Å². The molecule has 6 heteroatoms. The zero-order chi connectivity index (χ0) is 15.4. The summed E-state index contributed by atoms with van der Waals surface area (Å²) in [6, 6.07) is 8.33. The fourth-order valence-electron chi connectivity index (χ4n) is 1.94. The summed E-state index contributed by atoms with van der Waals surface area (Å²) in [5, 5.41) is 13.1. The molecule has 1 unspecified atom stereocenters. The van der Waals surface area contributed by atoms with Crippen molar-refractivity contribution in [2.45, 2.75) is 13.0 Å². The van der Waals surface area contributed by atoms with Gasteiger partial charge in [0.15, 0.2) is 0 Å². The van der Waals surface area contributed by atoms with Gasteiger partial charge in [-0.15, -0.1) is 0 Å². The SMILES string of the molecule is Cc1cc[nH]c(=O)c1C(=O)NCC(O)c1ccc(Cl)cc1. The summed E-state index contributed by atoms with van der Waals surface area (Å²) in [7, 11) is 0. The van der Waals surface area contributed by atoms with Crippen molar-refractivity contribution in [1.29, 1.82) is 0 Å². The van der Waals surface area contributed by atoms with E-state index in [-0.39, 0.29) is 12.1 Å². The first-order chi connectivity index (χ1) is 9.99. The Morgan fingerprint density at radius 3 is 2.62 bits per heavy atom. The summed E-state index contributed by atoms with van der Waals surface area (Å²) in [5.74, 6) is -0.512. The van der Waals surface area contributed by atoms with Crippen LogP contribution in [0.5, 0.6) is 0 Å². The van der Waals surface area contributed by atoms with E-state index in [1.807, 2.05) is 0 Å². The van der Waals surface area contributed by atoms with Crippen LogP contribution in [0.15, 0.2) is 41.3 Å². The van der Waals surface area contributed by atoms with Crippen LogP contribution in [0.4, 0.5) is 0 Å². The molecule has 0 aliphatic rings. The number of nitrogens with one attached hydrogen (secondary N) is 2. The summed E-state index contributed by atoms with van der Waals surface area (Å²) in [6.45, 7) is 1.69. The first kappa shape index (κ1) is 15.3. The molecule has 0 saturated carbocycles. The second-order valence-electron chi connectivity index (χ2n) is 4.64. The number of amides is 1. The molecular weight excluding hydrogens is 292 g/mol. The van der Waals surface area contributed by atoms with Crippen molar-refractivity contribution < 1.29 is 9.90 Å². The fourth-order valence-corrected chi connectivity index (χ4v) is 2.07. The molecule has 1 aromatic heterocycles. The van der Waals surface area contributed by atoms with Crippen molar-refractivity contribution in [2.75, 3.05) is 6.54 Å². The van der Waals surface area contributed by atoms with Crippen LogP contribution in [0.2, 0.25) is 5.02 Å². The zero-order valence-corrected chi connectivity index (χ0v) is 12.1. The van der Waals surface area contributed by atoms with Crippen LogP contribution in [0.25, 0.3) is 0 Å². The highest BCUT2D eigenvalue weighted by molar-refractivity contribution is 6.30. The number of benzene rings is 1. The Bertz CT molecular complexity index is 695. The Kier molecular flexibility index (Phi) is 4.77. The Balaban J connectivity index is 2.04. The highest BCUT2D eigenvalue weighted by Gasteiger charge is 2.15. The number of aliphatic hydroxyl groups is 1. The standard InChI is InChI=1S/C15H15ClN2O3/c1-9-6-7-17-14(20)13(9)15(21)18-8-12(19)10-2-4-11(16)5-3-10/h2-7,12,19H,8H2,1H3,(H,17,20)(H,18,21). The molecule has 1 aromatic carbocycles. The zero-order valence-electron chi connectivity index (χ0n) is 11.4. The number of pyridine rings is 1. The number of halogens is 1. The van der Waals surface area contributed by atoms with E-state index in [9.17, 15) is 14.7 Å². The minimum Gasteiger partial charge on any atom is -0.387 e. The maximum Gasteiger partial charge on any atom is 0.261 e. The third-order valence-electron chi connectivity index (χ3n) is 3.11. The third-order valence-corrected chi connectivity index (χ3v) is 3.36. The van der Waals surface area contributed by atoms with Gasteiger partial charge in [0.1, 0.15) is 5.56 Å². The van der Waals surface area contributed by atoms with E-state index < -0.39 is 17.6 Å². The van der Waals surface area contributed by atoms with Gasteiger partial charge in [-0.3, -0.25) is 9.59 Å². The number of carbonyl (C=O) groups is 1. The van der Waals surface area contributed by atoms with Gasteiger partial charge in [0.25, 0.3) is 11.5 Å². The number of aromatic nitrogens is 1. The van der Waals surface area contributed by atoms with Crippen molar-refractivity contribution in [1.82, 2.24) is 10.3 Å². The Morgan fingerprint density at radius 1 is 1.33 bits per heavy atom. The molecule has 3 N–H and O–H groups in total. The molecule has 0 aliphatic heterocycles. The molecule has 0 saturated heterocycles. The first-order valence-corrected chi connectivity index (χ1v) is 6.77. The van der Waals surface area contributed by atoms with E-state index in [1.165, 1.54) is 6.20 Å². The Hall–Kier alpha value is -2.11. The Labute approximate surface area is 126 Å². The molecule has 0 bridgehead atoms. The summed E-state index contributed by atoms with van der Waals surface area (Å²) >= 11 is 5.77. The van der Waals surface area contributed by atoms with Crippen molar-refractivity contribution in [2.24, 2.45) is 0 Å². The highest BCUT2D eigenvalue weighted by atomic mass is 35.5. The van der Waals surface area contributed by atoms with Gasteiger partial charge in [-0.2, -0.15) is 0 Å². The lowest BCUT2D eigenvalue weighted by Gasteiger charge is -2.12. The van der Waals surface area contributed by atoms with Crippen molar-refractivity contribution in [3.8, 4) is 0 Å². The number of carbonyl (C=O) groups excluding carboxylic acids is 1. The van der Waals surface area contributed by atoms with Crippen LogP contribution >= 0.6 is 11.6 Å². The molecule has 21 heavy (non-hydrogen) atoms. The van der Waals surface area contributed by atoms with Gasteiger partial charge in [-0.1, -0.05) is 23.7 Å². The van der Waals surface area contributed by atoms with Crippen molar-refractivity contribution in [3.05, 3.63) is 68.6 Å². The average molecular weight is 307 g/mol. The van der Waals surface area contributed by atoms with Crippen molar-refractivity contribution >= 4 is 17.5 Å². The van der Waals surface area contributed by atoms with Crippen LogP contribution in [0.1, 0.15) is 27.6 Å². The molecule has 110 valence electrons. The topological polar surface area (TPSA) is 82.2 Å². The predicted molar refractivity (Wildman–Crippen MR) is 80.5 cm³/mol. The van der Waals surface area contributed by atoms with Gasteiger partial charge in [-0.05, 0) is 36.2 Å². The van der Waals surface area contributed by atoms with Crippen LogP contribution in [-0.2, 0) is 0 Å². The molecule has 1 heterocycles. The maximum absolute atomic E-state index is 12.0. The van der Waals surface area contributed by atoms with Gasteiger partial charge in [-0.25, -0.2) is 0 Å². The molecule has 1 amide bonds. The number of rotatable bonds is 4. The molecule has 0 spiro atoms. The molecule has 1 atom stereocenters. The lowest BCUT2D eigenvalue weighted by Crippen LogP contribution is -2.33. The molecule has 2 rings (SSSR count). The summed E-state index contributed by atoms with van der Waals surface area (Å²) < 4.78 is 0. The van der Waals surface area contributed by atoms with E-state index in [1.54, 1.807) is 37.3 Å². The van der Waals surface area contributed by atoms with E-state index >= 15 is 0 Å². The maximum atomic E-state index is 12.0. The number of hydrogen-bond donors (Lipinski definition) is 3. The minimum absolute atomic E-state index is 0.00817. The van der Waals surface area contributed by atoms with Gasteiger partial charge in [0, 0.05) is 17.8 Å². The summed E-state index contributed by atoms with van der Waals surface area (Å²) in [4.78, 5) is 26.1. The number of aryl methyl sites for hydroxylation is 1. The fraction of sp³-hybridized carbons (Fsp3) is 0.200. The van der Waals surface area contributed by atoms with Crippen LogP contribution in [-0.4, -0.2) is 22.5 Å². The number of aliphatic hydroxyl groups excluding tert-OH is 1. The van der Waals surface area contributed by atoms with Gasteiger partial charge in [0.05, 0.1) is 6.10 Å². The van der Waals surface area contributed by atoms with E-state index in [2.05, 4.69) is 10.3 Å². The average Bonchev–Trinajstić information content (AvgIpc) is 2.45. The normalized spacial score (nSPS) is 12.0. The van der Waals surface area contributed by atoms with E-state index in [0.717, 1.165) is 0 Å². The van der Waals surface area contributed by atoms with Crippen LogP contribution in [0.3, 0.4) is 0 Å². The molecule has 5 nitrogen and oxygen atoms in total. The van der Waals surface area contributed by atoms with Crippen molar-refractivity contribution in [3.63, 3.8) is 0 Å². The quantitative estimate of drug-likeness (QED) is 0.805. The monoisotopic (exact) mass is 306 g/mol. The first-order valence-electron chi connectivity index (χ1n) is 6.39. The molecule has 0 fully saturated rings. The number of aromatic amines is 1. The van der Waals surface area contributed by atoms with Gasteiger partial charge < -0.3 is 15.4 Å². The predicted octanol–water partition coefficient (Wildman–Crippen LogP) is 1.80. The third kappa shape index (κ3) is 3.71. The summed E-state index contributed by atoms with van der Waals surface area (Å²) in [6.07, 6.45) is 0.617. The lowest BCUT2D eigenvalue weighted by atomic mass is 10.1.